The number of nitrogens with one attached hydrogen (secondary N) is 1. The van der Waals surface area contributed by atoms with Crippen molar-refractivity contribution in [3.05, 3.63) is 63.8 Å². The SMILES string of the molecule is CC=C/C=C(\C)OCc1c(C(F)F)cccc1-n1nn[nH]c1=O. The molecule has 0 unspecified atom stereocenters. The highest BCUT2D eigenvalue weighted by Crippen LogP contribution is 2.28. The van der Waals surface area contributed by atoms with E-state index in [4.69, 9.17) is 4.74 Å². The third kappa shape index (κ3) is 3.91. The van der Waals surface area contributed by atoms with E-state index in [1.807, 2.05) is 13.0 Å². The highest BCUT2D eigenvalue weighted by atomic mass is 19.3. The molecule has 2 rings (SSSR count). The molecule has 1 aromatic carbocycles. The zero-order valence-electron chi connectivity index (χ0n) is 12.7. The topological polar surface area (TPSA) is 72.8 Å². The average molecular weight is 322 g/mol. The average Bonchev–Trinajstić information content (AvgIpc) is 2.96. The van der Waals surface area contributed by atoms with Crippen LogP contribution < -0.4 is 5.69 Å². The Morgan fingerprint density at radius 1 is 1.48 bits per heavy atom. The molecule has 0 radical (unpaired) electrons. The number of ether oxygens (including phenoxy) is 1. The van der Waals surface area contributed by atoms with E-state index in [0.29, 0.717) is 5.76 Å². The zero-order valence-corrected chi connectivity index (χ0v) is 12.7. The molecule has 0 aliphatic rings. The van der Waals surface area contributed by atoms with Crippen molar-refractivity contribution in [3.8, 4) is 5.69 Å². The number of aromatic amines is 1. The molecule has 0 saturated carbocycles. The van der Waals surface area contributed by atoms with E-state index in [1.54, 1.807) is 19.1 Å². The molecule has 0 fully saturated rings. The van der Waals surface area contributed by atoms with Gasteiger partial charge < -0.3 is 4.74 Å². The second-order valence-corrected chi connectivity index (χ2v) is 4.66. The molecule has 1 aromatic heterocycles. The van der Waals surface area contributed by atoms with Gasteiger partial charge in [-0.2, -0.15) is 4.68 Å². The predicted octanol–water partition coefficient (Wildman–Crippen LogP) is 2.89. The van der Waals surface area contributed by atoms with E-state index in [0.717, 1.165) is 4.68 Å². The van der Waals surface area contributed by atoms with Crippen LogP contribution in [0.3, 0.4) is 0 Å². The largest absolute Gasteiger partial charge is 0.493 e. The molecule has 122 valence electrons. The highest BCUT2D eigenvalue weighted by Gasteiger charge is 2.19. The van der Waals surface area contributed by atoms with Crippen LogP contribution in [0.5, 0.6) is 0 Å². The van der Waals surface area contributed by atoms with Crippen molar-refractivity contribution in [3.63, 3.8) is 0 Å². The molecule has 2 aromatic rings. The molecular weight excluding hydrogens is 306 g/mol. The molecule has 0 aliphatic carbocycles. The summed E-state index contributed by atoms with van der Waals surface area (Å²) in [6.07, 6.45) is 2.61. The van der Waals surface area contributed by atoms with E-state index >= 15 is 0 Å². The second kappa shape index (κ2) is 7.48. The maximum absolute atomic E-state index is 13.3. The first-order chi connectivity index (χ1) is 11.0. The number of tetrazole rings is 1. The molecule has 8 heteroatoms. The monoisotopic (exact) mass is 322 g/mol. The van der Waals surface area contributed by atoms with Gasteiger partial charge in [-0.3, -0.25) is 0 Å². The number of allylic oxidation sites excluding steroid dienone is 4. The summed E-state index contributed by atoms with van der Waals surface area (Å²) >= 11 is 0. The van der Waals surface area contributed by atoms with E-state index in [1.165, 1.54) is 18.2 Å². The minimum Gasteiger partial charge on any atom is -0.493 e. The number of hydrogen-bond donors (Lipinski definition) is 1. The Kier molecular flexibility index (Phi) is 5.40. The maximum Gasteiger partial charge on any atom is 0.365 e. The molecule has 0 saturated heterocycles. The number of hydrogen-bond acceptors (Lipinski definition) is 4. The summed E-state index contributed by atoms with van der Waals surface area (Å²) < 4.78 is 33.0. The molecule has 0 amide bonds. The summed E-state index contributed by atoms with van der Waals surface area (Å²) in [5.74, 6) is 0.561. The summed E-state index contributed by atoms with van der Waals surface area (Å²) in [7, 11) is 0. The predicted molar refractivity (Wildman–Crippen MR) is 80.3 cm³/mol. The van der Waals surface area contributed by atoms with Gasteiger partial charge in [-0.25, -0.2) is 18.7 Å². The molecule has 0 aliphatic heterocycles. The van der Waals surface area contributed by atoms with E-state index in [2.05, 4.69) is 15.5 Å². The molecule has 6 nitrogen and oxygen atoms in total. The normalized spacial score (nSPS) is 12.3. The van der Waals surface area contributed by atoms with Crippen molar-refractivity contribution in [1.82, 2.24) is 20.2 Å². The molecule has 1 heterocycles. The molecule has 23 heavy (non-hydrogen) atoms. The van der Waals surface area contributed by atoms with Gasteiger partial charge in [0, 0.05) is 11.1 Å². The Balaban J connectivity index is 2.43. The summed E-state index contributed by atoms with van der Waals surface area (Å²) in [4.78, 5) is 11.7. The second-order valence-electron chi connectivity index (χ2n) is 4.66. The third-order valence-electron chi connectivity index (χ3n) is 3.09. The molecule has 0 bridgehead atoms. The molecular formula is C15H16F2N4O2. The quantitative estimate of drug-likeness (QED) is 0.655. The van der Waals surface area contributed by atoms with Gasteiger partial charge in [0.25, 0.3) is 6.43 Å². The van der Waals surface area contributed by atoms with Gasteiger partial charge in [0.1, 0.15) is 6.61 Å². The molecule has 0 atom stereocenters. The van der Waals surface area contributed by atoms with Crippen molar-refractivity contribution < 1.29 is 13.5 Å². The van der Waals surface area contributed by atoms with Crippen LogP contribution in [0.2, 0.25) is 0 Å². The van der Waals surface area contributed by atoms with Gasteiger partial charge >= 0.3 is 5.69 Å². The van der Waals surface area contributed by atoms with Crippen LogP contribution in [-0.2, 0) is 11.3 Å². The maximum atomic E-state index is 13.3. The van der Waals surface area contributed by atoms with Crippen molar-refractivity contribution in [2.24, 2.45) is 0 Å². The van der Waals surface area contributed by atoms with Gasteiger partial charge in [-0.15, -0.1) is 0 Å². The minimum absolute atomic E-state index is 0.116. The fraction of sp³-hybridized carbons (Fsp3) is 0.267. The lowest BCUT2D eigenvalue weighted by molar-refractivity contribution is 0.143. The minimum atomic E-state index is -2.70. The standard InChI is InChI=1S/C15H16F2N4O2/c1-3-4-6-10(2)23-9-12-11(14(16)17)7-5-8-13(12)21-15(22)18-19-20-21/h3-8,14H,9H2,1-2H3,(H,18,20,22)/b4-3?,10-6+. The first kappa shape index (κ1) is 16.6. The van der Waals surface area contributed by atoms with Gasteiger partial charge in [0.05, 0.1) is 11.4 Å². The van der Waals surface area contributed by atoms with Crippen LogP contribution in [-0.4, -0.2) is 20.2 Å². The molecule has 0 spiro atoms. The number of alkyl halides is 2. The number of H-pyrrole nitrogens is 1. The van der Waals surface area contributed by atoms with Gasteiger partial charge in [0.15, 0.2) is 0 Å². The van der Waals surface area contributed by atoms with Gasteiger partial charge in [0.2, 0.25) is 0 Å². The first-order valence-electron chi connectivity index (χ1n) is 6.87. The lowest BCUT2D eigenvalue weighted by atomic mass is 10.1. The Bertz CT molecular complexity index is 778. The fourth-order valence-corrected chi connectivity index (χ4v) is 1.97. The highest BCUT2D eigenvalue weighted by molar-refractivity contribution is 5.45. The number of aromatic nitrogens is 4. The Morgan fingerprint density at radius 3 is 2.87 bits per heavy atom. The Labute approximate surface area is 131 Å². The van der Waals surface area contributed by atoms with E-state index in [-0.39, 0.29) is 23.4 Å². The lowest BCUT2D eigenvalue weighted by Gasteiger charge is -2.14. The van der Waals surface area contributed by atoms with Crippen molar-refractivity contribution in [1.29, 1.82) is 0 Å². The van der Waals surface area contributed by atoms with Crippen molar-refractivity contribution in [2.75, 3.05) is 0 Å². The van der Waals surface area contributed by atoms with Crippen LogP contribution in [0.4, 0.5) is 8.78 Å². The van der Waals surface area contributed by atoms with Gasteiger partial charge in [-0.05, 0) is 36.4 Å². The fourth-order valence-electron chi connectivity index (χ4n) is 1.97. The summed E-state index contributed by atoms with van der Waals surface area (Å²) in [6, 6.07) is 4.24. The third-order valence-corrected chi connectivity index (χ3v) is 3.09. The van der Waals surface area contributed by atoms with Crippen molar-refractivity contribution in [2.45, 2.75) is 26.9 Å². The van der Waals surface area contributed by atoms with E-state index in [9.17, 15) is 13.6 Å². The Morgan fingerprint density at radius 2 is 2.26 bits per heavy atom. The number of halogens is 2. The summed E-state index contributed by atoms with van der Waals surface area (Å²) in [5.41, 5.74) is -0.429. The Hall–Kier alpha value is -2.77. The number of rotatable bonds is 6. The smallest absolute Gasteiger partial charge is 0.365 e. The van der Waals surface area contributed by atoms with Crippen molar-refractivity contribution >= 4 is 0 Å². The van der Waals surface area contributed by atoms with Crippen LogP contribution in [0.15, 0.2) is 47.0 Å². The summed E-state index contributed by atoms with van der Waals surface area (Å²) in [6.45, 7) is 3.45. The lowest BCUT2D eigenvalue weighted by Crippen LogP contribution is -2.18. The van der Waals surface area contributed by atoms with Gasteiger partial charge in [-0.1, -0.05) is 24.3 Å². The van der Waals surface area contributed by atoms with Crippen LogP contribution in [0.1, 0.15) is 31.4 Å². The number of benzene rings is 1. The summed E-state index contributed by atoms with van der Waals surface area (Å²) in [5, 5.41) is 9.11. The molecule has 1 N–H and O–H groups in total. The van der Waals surface area contributed by atoms with Crippen LogP contribution in [0.25, 0.3) is 5.69 Å². The van der Waals surface area contributed by atoms with Crippen LogP contribution >= 0.6 is 0 Å². The zero-order chi connectivity index (χ0) is 16.8. The van der Waals surface area contributed by atoms with E-state index < -0.39 is 12.1 Å². The number of nitrogens with zero attached hydrogens (tertiary/aromatic N) is 3. The van der Waals surface area contributed by atoms with Crippen LogP contribution in [0, 0.1) is 0 Å². The first-order valence-corrected chi connectivity index (χ1v) is 6.87.